The molecule has 0 bridgehead atoms. The first-order chi connectivity index (χ1) is 8.61. The van der Waals surface area contributed by atoms with Crippen LogP contribution in [0.25, 0.3) is 0 Å². The third-order valence-electron chi connectivity index (χ3n) is 2.96. The van der Waals surface area contributed by atoms with Gasteiger partial charge in [0, 0.05) is 12.6 Å². The molecule has 1 aromatic rings. The number of hydrogen-bond acceptors (Lipinski definition) is 4. The van der Waals surface area contributed by atoms with Crippen LogP contribution in [0, 0.1) is 5.92 Å². The zero-order valence-electron chi connectivity index (χ0n) is 10.9. The second kappa shape index (κ2) is 5.35. The third kappa shape index (κ3) is 2.98. The summed E-state index contributed by atoms with van der Waals surface area (Å²) in [5.74, 6) is 5.77. The van der Waals surface area contributed by atoms with Gasteiger partial charge < -0.3 is 10.3 Å². The number of hydrazine groups is 1. The molecule has 1 aromatic heterocycles. The Morgan fingerprint density at radius 1 is 1.56 bits per heavy atom. The number of carbonyl (C=O) groups is 1. The maximum absolute atomic E-state index is 12.4. The Morgan fingerprint density at radius 3 is 2.72 bits per heavy atom. The van der Waals surface area contributed by atoms with E-state index in [0.717, 1.165) is 19.4 Å². The molecule has 3 N–H and O–H groups in total. The SMILES string of the molecule is CC(C)CN(C(=O)c1ccc(NN)cn1)C1CC1. The number of nitrogens with zero attached hydrogens (tertiary/aromatic N) is 2. The lowest BCUT2D eigenvalue weighted by Crippen LogP contribution is -2.36. The van der Waals surface area contributed by atoms with Crippen LogP contribution < -0.4 is 11.3 Å². The second-order valence-corrected chi connectivity index (χ2v) is 5.16. The molecule has 0 radical (unpaired) electrons. The molecule has 0 unspecified atom stereocenters. The van der Waals surface area contributed by atoms with Crippen molar-refractivity contribution < 1.29 is 4.79 Å². The van der Waals surface area contributed by atoms with E-state index >= 15 is 0 Å². The molecule has 1 saturated carbocycles. The fourth-order valence-electron chi connectivity index (χ4n) is 1.93. The van der Waals surface area contributed by atoms with Gasteiger partial charge >= 0.3 is 0 Å². The van der Waals surface area contributed by atoms with Gasteiger partial charge in [-0.3, -0.25) is 10.6 Å². The molecule has 18 heavy (non-hydrogen) atoms. The average Bonchev–Trinajstić information content (AvgIpc) is 3.19. The van der Waals surface area contributed by atoms with Crippen molar-refractivity contribution in [3.8, 4) is 0 Å². The summed E-state index contributed by atoms with van der Waals surface area (Å²) in [6.45, 7) is 5.04. The Bertz CT molecular complexity index is 412. The highest BCUT2D eigenvalue weighted by molar-refractivity contribution is 5.93. The highest BCUT2D eigenvalue weighted by Gasteiger charge is 2.33. The van der Waals surface area contributed by atoms with Crippen molar-refractivity contribution in [3.63, 3.8) is 0 Å². The summed E-state index contributed by atoms with van der Waals surface area (Å²) in [6, 6.07) is 3.89. The molecule has 2 rings (SSSR count). The van der Waals surface area contributed by atoms with Crippen molar-refractivity contribution in [2.45, 2.75) is 32.7 Å². The Hall–Kier alpha value is -1.62. The third-order valence-corrected chi connectivity index (χ3v) is 2.96. The van der Waals surface area contributed by atoms with Crippen molar-refractivity contribution in [1.29, 1.82) is 0 Å². The van der Waals surface area contributed by atoms with Crippen molar-refractivity contribution in [2.24, 2.45) is 11.8 Å². The summed E-state index contributed by atoms with van der Waals surface area (Å²) in [5, 5.41) is 0. The topological polar surface area (TPSA) is 71.2 Å². The van der Waals surface area contributed by atoms with Crippen LogP contribution in [0.2, 0.25) is 0 Å². The zero-order valence-corrected chi connectivity index (χ0v) is 10.9. The molecule has 98 valence electrons. The van der Waals surface area contributed by atoms with E-state index in [4.69, 9.17) is 5.84 Å². The maximum atomic E-state index is 12.4. The Balaban J connectivity index is 2.11. The van der Waals surface area contributed by atoms with E-state index in [0.29, 0.717) is 23.3 Å². The van der Waals surface area contributed by atoms with Crippen LogP contribution in [-0.4, -0.2) is 28.4 Å². The van der Waals surface area contributed by atoms with E-state index in [1.165, 1.54) is 0 Å². The van der Waals surface area contributed by atoms with E-state index in [1.54, 1.807) is 18.3 Å². The summed E-state index contributed by atoms with van der Waals surface area (Å²) in [5.41, 5.74) is 3.69. The van der Waals surface area contributed by atoms with Gasteiger partial charge in [0.05, 0.1) is 11.9 Å². The van der Waals surface area contributed by atoms with E-state index in [1.807, 2.05) is 4.90 Å². The monoisotopic (exact) mass is 248 g/mol. The van der Waals surface area contributed by atoms with Crippen molar-refractivity contribution in [3.05, 3.63) is 24.0 Å². The lowest BCUT2D eigenvalue weighted by molar-refractivity contribution is 0.0716. The number of anilines is 1. The van der Waals surface area contributed by atoms with Crippen LogP contribution >= 0.6 is 0 Å². The van der Waals surface area contributed by atoms with Gasteiger partial charge in [-0.05, 0) is 30.9 Å². The molecule has 0 atom stereocenters. The second-order valence-electron chi connectivity index (χ2n) is 5.16. The van der Waals surface area contributed by atoms with Crippen molar-refractivity contribution >= 4 is 11.6 Å². The molecule has 1 aliphatic rings. The predicted octanol–water partition coefficient (Wildman–Crippen LogP) is 1.63. The van der Waals surface area contributed by atoms with Gasteiger partial charge in [0.25, 0.3) is 5.91 Å². The van der Waals surface area contributed by atoms with Gasteiger partial charge in [0.1, 0.15) is 5.69 Å². The van der Waals surface area contributed by atoms with Gasteiger partial charge in [-0.25, -0.2) is 4.98 Å². The Morgan fingerprint density at radius 2 is 2.28 bits per heavy atom. The van der Waals surface area contributed by atoms with Crippen LogP contribution in [0.4, 0.5) is 5.69 Å². The molecule has 0 aromatic carbocycles. The number of hydrogen-bond donors (Lipinski definition) is 2. The maximum Gasteiger partial charge on any atom is 0.272 e. The number of pyridine rings is 1. The summed E-state index contributed by atoms with van der Waals surface area (Å²) in [4.78, 5) is 18.5. The molecule has 1 amide bonds. The smallest absolute Gasteiger partial charge is 0.272 e. The van der Waals surface area contributed by atoms with E-state index in [-0.39, 0.29) is 5.91 Å². The van der Waals surface area contributed by atoms with Gasteiger partial charge in [-0.2, -0.15) is 0 Å². The highest BCUT2D eigenvalue weighted by atomic mass is 16.2. The van der Waals surface area contributed by atoms with Crippen LogP contribution in [0.3, 0.4) is 0 Å². The van der Waals surface area contributed by atoms with Gasteiger partial charge in [0.15, 0.2) is 0 Å². The Kier molecular flexibility index (Phi) is 3.81. The first-order valence-corrected chi connectivity index (χ1v) is 6.35. The molecule has 1 heterocycles. The van der Waals surface area contributed by atoms with Crippen LogP contribution in [0.1, 0.15) is 37.2 Å². The van der Waals surface area contributed by atoms with Crippen LogP contribution in [-0.2, 0) is 0 Å². The minimum atomic E-state index is 0.0229. The molecule has 1 aliphatic carbocycles. The van der Waals surface area contributed by atoms with Gasteiger partial charge in [-0.1, -0.05) is 13.8 Å². The summed E-state index contributed by atoms with van der Waals surface area (Å²) in [6.07, 6.45) is 3.80. The largest absolute Gasteiger partial charge is 0.334 e. The molecule has 1 fully saturated rings. The first kappa shape index (κ1) is 12.8. The summed E-state index contributed by atoms with van der Waals surface area (Å²) >= 11 is 0. The predicted molar refractivity (Wildman–Crippen MR) is 70.9 cm³/mol. The average molecular weight is 248 g/mol. The number of carbonyl (C=O) groups excluding carboxylic acids is 1. The minimum Gasteiger partial charge on any atom is -0.334 e. The van der Waals surface area contributed by atoms with E-state index in [9.17, 15) is 4.79 Å². The highest BCUT2D eigenvalue weighted by Crippen LogP contribution is 2.28. The molecular weight excluding hydrogens is 228 g/mol. The summed E-state index contributed by atoms with van der Waals surface area (Å²) in [7, 11) is 0. The van der Waals surface area contributed by atoms with E-state index < -0.39 is 0 Å². The first-order valence-electron chi connectivity index (χ1n) is 6.35. The lowest BCUT2D eigenvalue weighted by Gasteiger charge is -2.24. The van der Waals surface area contributed by atoms with Gasteiger partial charge in [0.2, 0.25) is 0 Å². The Labute approximate surface area is 107 Å². The fourth-order valence-corrected chi connectivity index (χ4v) is 1.93. The molecule has 0 spiro atoms. The quantitative estimate of drug-likeness (QED) is 0.613. The van der Waals surface area contributed by atoms with Gasteiger partial charge in [-0.15, -0.1) is 0 Å². The van der Waals surface area contributed by atoms with Crippen molar-refractivity contribution in [2.75, 3.05) is 12.0 Å². The van der Waals surface area contributed by atoms with E-state index in [2.05, 4.69) is 24.3 Å². The normalized spacial score (nSPS) is 14.7. The fraction of sp³-hybridized carbons (Fsp3) is 0.538. The standard InChI is InChI=1S/C13H20N4O/c1-9(2)8-17(11-4-5-11)13(18)12-6-3-10(16-14)7-15-12/h3,6-7,9,11,16H,4-5,8,14H2,1-2H3. The lowest BCUT2D eigenvalue weighted by atomic mass is 10.2. The molecular formula is C13H20N4O. The van der Waals surface area contributed by atoms with Crippen LogP contribution in [0.5, 0.6) is 0 Å². The number of rotatable bonds is 5. The molecule has 5 nitrogen and oxygen atoms in total. The minimum absolute atomic E-state index is 0.0229. The molecule has 0 saturated heterocycles. The number of nitrogen functional groups attached to an aromatic ring is 1. The van der Waals surface area contributed by atoms with Crippen LogP contribution in [0.15, 0.2) is 18.3 Å². The molecule has 5 heteroatoms. The molecule has 0 aliphatic heterocycles. The number of nitrogens with two attached hydrogens (primary N) is 1. The number of amides is 1. The summed E-state index contributed by atoms with van der Waals surface area (Å²) < 4.78 is 0. The zero-order chi connectivity index (χ0) is 13.1. The number of nitrogens with one attached hydrogen (secondary N) is 1. The number of aromatic nitrogens is 1. The van der Waals surface area contributed by atoms with Crippen molar-refractivity contribution in [1.82, 2.24) is 9.88 Å².